The lowest BCUT2D eigenvalue weighted by Gasteiger charge is -2.09. The number of hydrogen-bond acceptors (Lipinski definition) is 3. The maximum atomic E-state index is 12.5. The second-order valence-electron chi connectivity index (χ2n) is 4.05. The lowest BCUT2D eigenvalue weighted by Crippen LogP contribution is -2.23. The number of halogens is 4. The number of alkyl halides is 3. The predicted molar refractivity (Wildman–Crippen MR) is 68.8 cm³/mol. The fourth-order valence-corrected chi connectivity index (χ4v) is 1.88. The molecule has 0 spiro atoms. The summed E-state index contributed by atoms with van der Waals surface area (Å²) in [5, 5.41) is -0.271. The Kier molecular flexibility index (Phi) is 3.73. The quantitative estimate of drug-likeness (QED) is 0.890. The van der Waals surface area contributed by atoms with E-state index >= 15 is 0 Å². The van der Waals surface area contributed by atoms with E-state index in [4.69, 9.17) is 17.3 Å². The van der Waals surface area contributed by atoms with E-state index in [0.29, 0.717) is 12.3 Å². The van der Waals surface area contributed by atoms with Gasteiger partial charge in [0.2, 0.25) is 0 Å². The average molecular weight is 318 g/mol. The molecule has 0 aromatic carbocycles. The first kappa shape index (κ1) is 15.0. The maximum Gasteiger partial charge on any atom is 0.417 e. The minimum absolute atomic E-state index is 0.0107. The predicted octanol–water partition coefficient (Wildman–Crippen LogP) is 2.21. The summed E-state index contributed by atoms with van der Waals surface area (Å²) < 4.78 is 37.6. The molecule has 0 aliphatic rings. The molecule has 2 rings (SSSR count). The molecule has 21 heavy (non-hydrogen) atoms. The van der Waals surface area contributed by atoms with Crippen LogP contribution in [0.4, 0.5) is 13.2 Å². The zero-order valence-corrected chi connectivity index (χ0v) is 10.9. The first-order valence-corrected chi connectivity index (χ1v) is 5.83. The summed E-state index contributed by atoms with van der Waals surface area (Å²) >= 11 is 5.77. The van der Waals surface area contributed by atoms with Crippen molar-refractivity contribution in [3.8, 4) is 11.3 Å². The van der Waals surface area contributed by atoms with Gasteiger partial charge in [-0.15, -0.1) is 0 Å². The van der Waals surface area contributed by atoms with Crippen LogP contribution in [-0.4, -0.2) is 15.9 Å². The van der Waals surface area contributed by atoms with Gasteiger partial charge in [0.15, 0.2) is 0 Å². The van der Waals surface area contributed by atoms with Crippen LogP contribution in [0.5, 0.6) is 0 Å². The summed E-state index contributed by atoms with van der Waals surface area (Å²) in [6.45, 7) is 0. The molecule has 0 atom stereocenters. The van der Waals surface area contributed by atoms with Gasteiger partial charge in [0.05, 0.1) is 16.3 Å². The normalized spacial score (nSPS) is 11.4. The van der Waals surface area contributed by atoms with E-state index in [9.17, 15) is 22.8 Å². The highest BCUT2D eigenvalue weighted by Crippen LogP contribution is 2.33. The van der Waals surface area contributed by atoms with Crippen molar-refractivity contribution < 1.29 is 18.0 Å². The number of aromatic nitrogens is 2. The summed E-state index contributed by atoms with van der Waals surface area (Å²) in [6, 6.07) is 1.82. The molecular weight excluding hydrogens is 311 g/mol. The van der Waals surface area contributed by atoms with Crippen LogP contribution in [0.1, 0.15) is 15.9 Å². The summed E-state index contributed by atoms with van der Waals surface area (Å²) in [6.07, 6.45) is -2.79. The Bertz CT molecular complexity index is 771. The number of amides is 1. The Labute approximate surface area is 120 Å². The molecule has 0 fully saturated rings. The Morgan fingerprint density at radius 2 is 2.00 bits per heavy atom. The summed E-state index contributed by atoms with van der Waals surface area (Å²) in [5.41, 5.74) is 3.12. The smallest absolute Gasteiger partial charge is 0.365 e. The monoisotopic (exact) mass is 317 g/mol. The van der Waals surface area contributed by atoms with Crippen molar-refractivity contribution in [1.82, 2.24) is 9.97 Å². The van der Waals surface area contributed by atoms with Crippen molar-refractivity contribution in [2.45, 2.75) is 6.18 Å². The van der Waals surface area contributed by atoms with Crippen molar-refractivity contribution in [2.75, 3.05) is 0 Å². The standard InChI is InChI=1S/C12H7ClF3N3O2/c13-8-2-6(12(14,15)16)4-18-9(8)5-1-7(10(17)20)11(21)19-3-5/h1-4H,(H2,17,20)(H,19,21). The molecule has 3 N–H and O–H groups in total. The number of carbonyl (C=O) groups is 1. The summed E-state index contributed by atoms with van der Waals surface area (Å²) in [7, 11) is 0. The van der Waals surface area contributed by atoms with E-state index < -0.39 is 23.2 Å². The highest BCUT2D eigenvalue weighted by atomic mass is 35.5. The van der Waals surface area contributed by atoms with Gasteiger partial charge >= 0.3 is 6.18 Å². The van der Waals surface area contributed by atoms with E-state index in [2.05, 4.69) is 9.97 Å². The third-order valence-corrected chi connectivity index (χ3v) is 2.90. The molecule has 2 heterocycles. The average Bonchev–Trinajstić information content (AvgIpc) is 2.38. The molecule has 0 saturated heterocycles. The second-order valence-corrected chi connectivity index (χ2v) is 4.45. The zero-order chi connectivity index (χ0) is 15.8. The number of pyridine rings is 2. The van der Waals surface area contributed by atoms with Crippen molar-refractivity contribution in [3.63, 3.8) is 0 Å². The van der Waals surface area contributed by atoms with Gasteiger partial charge in [-0.25, -0.2) is 0 Å². The molecule has 110 valence electrons. The van der Waals surface area contributed by atoms with Gasteiger partial charge in [0.25, 0.3) is 11.5 Å². The second kappa shape index (κ2) is 5.21. The summed E-state index contributed by atoms with van der Waals surface area (Å²) in [5.74, 6) is -0.971. The van der Waals surface area contributed by atoms with Crippen molar-refractivity contribution in [1.29, 1.82) is 0 Å². The van der Waals surface area contributed by atoms with Crippen molar-refractivity contribution >= 4 is 17.5 Å². The number of nitrogens with zero attached hydrogens (tertiary/aromatic N) is 1. The Morgan fingerprint density at radius 1 is 1.33 bits per heavy atom. The fraction of sp³-hybridized carbons (Fsp3) is 0.0833. The Morgan fingerprint density at radius 3 is 2.52 bits per heavy atom. The molecule has 5 nitrogen and oxygen atoms in total. The topological polar surface area (TPSA) is 88.8 Å². The molecule has 0 unspecified atom stereocenters. The molecule has 2 aromatic rings. The molecule has 2 aromatic heterocycles. The Hall–Kier alpha value is -2.35. The lowest BCUT2D eigenvalue weighted by molar-refractivity contribution is -0.137. The largest absolute Gasteiger partial charge is 0.417 e. The van der Waals surface area contributed by atoms with Crippen LogP contribution in [0.2, 0.25) is 5.02 Å². The van der Waals surface area contributed by atoms with Crippen LogP contribution >= 0.6 is 11.6 Å². The minimum atomic E-state index is -4.57. The van der Waals surface area contributed by atoms with Gasteiger partial charge in [-0.2, -0.15) is 13.2 Å². The molecule has 0 aliphatic heterocycles. The lowest BCUT2D eigenvalue weighted by atomic mass is 10.1. The number of carbonyl (C=O) groups excluding carboxylic acids is 1. The number of nitrogens with two attached hydrogens (primary N) is 1. The number of primary amides is 1. The molecule has 1 amide bonds. The van der Waals surface area contributed by atoms with Gasteiger partial charge in [-0.1, -0.05) is 11.6 Å². The van der Waals surface area contributed by atoms with E-state index in [0.717, 1.165) is 6.07 Å². The number of H-pyrrole nitrogens is 1. The Balaban J connectivity index is 2.55. The van der Waals surface area contributed by atoms with E-state index in [1.54, 1.807) is 0 Å². The number of nitrogens with one attached hydrogen (secondary N) is 1. The van der Waals surface area contributed by atoms with E-state index in [1.165, 1.54) is 6.20 Å². The van der Waals surface area contributed by atoms with Crippen LogP contribution in [0.15, 0.2) is 29.3 Å². The van der Waals surface area contributed by atoms with E-state index in [1.807, 2.05) is 0 Å². The summed E-state index contributed by atoms with van der Waals surface area (Å²) in [4.78, 5) is 28.3. The molecule has 9 heteroatoms. The van der Waals surface area contributed by atoms with Crippen LogP contribution < -0.4 is 11.3 Å². The molecule has 0 radical (unpaired) electrons. The highest BCUT2D eigenvalue weighted by molar-refractivity contribution is 6.33. The molecular formula is C12H7ClF3N3O2. The van der Waals surface area contributed by atoms with Crippen molar-refractivity contribution in [2.24, 2.45) is 5.73 Å². The number of rotatable bonds is 2. The number of aromatic amines is 1. The fourth-order valence-electron chi connectivity index (χ4n) is 1.61. The van der Waals surface area contributed by atoms with Gasteiger partial charge < -0.3 is 10.7 Å². The van der Waals surface area contributed by atoms with Gasteiger partial charge in [-0.3, -0.25) is 14.6 Å². The zero-order valence-electron chi connectivity index (χ0n) is 10.2. The maximum absolute atomic E-state index is 12.5. The van der Waals surface area contributed by atoms with Crippen LogP contribution in [0.3, 0.4) is 0 Å². The molecule has 0 saturated carbocycles. The first-order valence-electron chi connectivity index (χ1n) is 5.46. The number of hydrogen-bond donors (Lipinski definition) is 2. The SMILES string of the molecule is NC(=O)c1cc(-c2ncc(C(F)(F)F)cc2Cl)c[nH]c1=O. The van der Waals surface area contributed by atoms with Crippen LogP contribution in [0, 0.1) is 0 Å². The highest BCUT2D eigenvalue weighted by Gasteiger charge is 2.31. The van der Waals surface area contributed by atoms with Crippen LogP contribution in [0.25, 0.3) is 11.3 Å². The molecule has 0 aliphatic carbocycles. The van der Waals surface area contributed by atoms with E-state index in [-0.39, 0.29) is 21.8 Å². The molecule has 0 bridgehead atoms. The van der Waals surface area contributed by atoms with Crippen molar-refractivity contribution in [3.05, 3.63) is 51.0 Å². The minimum Gasteiger partial charge on any atom is -0.365 e. The van der Waals surface area contributed by atoms with Gasteiger partial charge in [-0.05, 0) is 12.1 Å². The first-order chi connectivity index (χ1) is 9.70. The third kappa shape index (κ3) is 3.05. The van der Waals surface area contributed by atoms with Crippen LogP contribution in [-0.2, 0) is 6.18 Å². The van der Waals surface area contributed by atoms with Gasteiger partial charge in [0, 0.05) is 18.0 Å². The third-order valence-electron chi connectivity index (χ3n) is 2.61. The van der Waals surface area contributed by atoms with Gasteiger partial charge in [0.1, 0.15) is 5.56 Å².